The van der Waals surface area contributed by atoms with Crippen LogP contribution < -0.4 is 10.1 Å². The number of carboxylic acids is 1. The van der Waals surface area contributed by atoms with Crippen molar-refractivity contribution in [1.29, 1.82) is 0 Å². The van der Waals surface area contributed by atoms with Gasteiger partial charge < -0.3 is 15.2 Å². The van der Waals surface area contributed by atoms with Crippen molar-refractivity contribution in [3.8, 4) is 5.75 Å². The Morgan fingerprint density at radius 3 is 2.64 bits per heavy atom. The average Bonchev–Trinajstić information content (AvgIpc) is 2.96. The van der Waals surface area contributed by atoms with Gasteiger partial charge in [0.15, 0.2) is 5.69 Å². The standard InChI is InChI=1S/C14H13F3N4O4/c15-14(16,17)25-11-4-2-1-3-9(11)5-6-18-12(22)8-21-7-10(13(23)24)19-20-21/h1-4,7H,5-6,8H2,(H,18,22)(H,23,24). The lowest BCUT2D eigenvalue weighted by molar-refractivity contribution is -0.274. The summed E-state index contributed by atoms with van der Waals surface area (Å²) in [4.78, 5) is 22.4. The van der Waals surface area contributed by atoms with E-state index in [9.17, 15) is 22.8 Å². The number of carbonyl (C=O) groups is 2. The third kappa shape index (κ3) is 5.79. The summed E-state index contributed by atoms with van der Waals surface area (Å²) in [6, 6.07) is 5.62. The van der Waals surface area contributed by atoms with Crippen LogP contribution in [0, 0.1) is 0 Å². The normalized spacial score (nSPS) is 11.2. The van der Waals surface area contributed by atoms with Gasteiger partial charge in [0.1, 0.15) is 12.3 Å². The maximum absolute atomic E-state index is 12.3. The SMILES string of the molecule is O=C(Cn1cc(C(=O)O)nn1)NCCc1ccccc1OC(F)(F)F. The molecule has 0 aliphatic heterocycles. The molecule has 11 heteroatoms. The van der Waals surface area contributed by atoms with E-state index >= 15 is 0 Å². The molecule has 0 fully saturated rings. The van der Waals surface area contributed by atoms with Gasteiger partial charge in [-0.05, 0) is 18.1 Å². The zero-order valence-electron chi connectivity index (χ0n) is 12.7. The van der Waals surface area contributed by atoms with E-state index in [0.717, 1.165) is 10.9 Å². The summed E-state index contributed by atoms with van der Waals surface area (Å²) in [5, 5.41) is 18.0. The molecule has 0 spiro atoms. The molecule has 1 heterocycles. The van der Waals surface area contributed by atoms with Crippen LogP contribution in [-0.2, 0) is 17.8 Å². The van der Waals surface area contributed by atoms with Crippen molar-refractivity contribution in [1.82, 2.24) is 20.3 Å². The number of para-hydroxylation sites is 1. The summed E-state index contributed by atoms with van der Waals surface area (Å²) in [5.41, 5.74) is -0.0138. The number of benzene rings is 1. The molecule has 134 valence electrons. The Bertz CT molecular complexity index is 761. The van der Waals surface area contributed by atoms with E-state index in [0.29, 0.717) is 0 Å². The van der Waals surface area contributed by atoms with Gasteiger partial charge in [-0.2, -0.15) is 0 Å². The zero-order chi connectivity index (χ0) is 18.4. The van der Waals surface area contributed by atoms with E-state index < -0.39 is 18.2 Å². The Hall–Kier alpha value is -3.11. The van der Waals surface area contributed by atoms with Gasteiger partial charge in [0.25, 0.3) is 0 Å². The lowest BCUT2D eigenvalue weighted by Crippen LogP contribution is -2.29. The first-order chi connectivity index (χ1) is 11.7. The van der Waals surface area contributed by atoms with E-state index in [1.807, 2.05) is 0 Å². The Morgan fingerprint density at radius 2 is 2.00 bits per heavy atom. The first kappa shape index (κ1) is 18.2. The van der Waals surface area contributed by atoms with Crippen LogP contribution in [0.4, 0.5) is 13.2 Å². The highest BCUT2D eigenvalue weighted by Gasteiger charge is 2.31. The third-order valence-electron chi connectivity index (χ3n) is 2.98. The molecule has 0 saturated heterocycles. The molecule has 0 atom stereocenters. The van der Waals surface area contributed by atoms with Crippen molar-refractivity contribution in [3.05, 3.63) is 41.7 Å². The quantitative estimate of drug-likeness (QED) is 0.771. The smallest absolute Gasteiger partial charge is 0.476 e. The van der Waals surface area contributed by atoms with Crippen molar-refractivity contribution in [2.45, 2.75) is 19.3 Å². The Balaban J connectivity index is 1.86. The minimum Gasteiger partial charge on any atom is -0.476 e. The molecule has 1 aromatic carbocycles. The van der Waals surface area contributed by atoms with E-state index in [2.05, 4.69) is 20.4 Å². The van der Waals surface area contributed by atoms with Crippen LogP contribution in [0.25, 0.3) is 0 Å². The number of aromatic nitrogens is 3. The van der Waals surface area contributed by atoms with Crippen molar-refractivity contribution < 1.29 is 32.6 Å². The third-order valence-corrected chi connectivity index (χ3v) is 2.98. The molecule has 0 radical (unpaired) electrons. The molecule has 0 unspecified atom stereocenters. The molecule has 2 aromatic rings. The van der Waals surface area contributed by atoms with Gasteiger partial charge in [0.2, 0.25) is 5.91 Å². The molecular weight excluding hydrogens is 345 g/mol. The first-order valence-corrected chi connectivity index (χ1v) is 6.98. The monoisotopic (exact) mass is 358 g/mol. The van der Waals surface area contributed by atoms with Gasteiger partial charge >= 0.3 is 12.3 Å². The highest BCUT2D eigenvalue weighted by Crippen LogP contribution is 2.26. The number of nitrogens with one attached hydrogen (secondary N) is 1. The number of carboxylic acid groups (broad SMARTS) is 1. The Kier molecular flexibility index (Phi) is 5.57. The highest BCUT2D eigenvalue weighted by molar-refractivity contribution is 5.84. The van der Waals surface area contributed by atoms with E-state index in [4.69, 9.17) is 5.11 Å². The number of amides is 1. The second-order valence-corrected chi connectivity index (χ2v) is 4.86. The van der Waals surface area contributed by atoms with Gasteiger partial charge in [-0.1, -0.05) is 23.4 Å². The number of aromatic carboxylic acids is 1. The number of alkyl halides is 3. The fraction of sp³-hybridized carbons (Fsp3) is 0.286. The second-order valence-electron chi connectivity index (χ2n) is 4.86. The summed E-state index contributed by atoms with van der Waals surface area (Å²) in [5.74, 6) is -2.09. The molecular formula is C14H13F3N4O4. The van der Waals surface area contributed by atoms with Gasteiger partial charge in [-0.3, -0.25) is 4.79 Å². The van der Waals surface area contributed by atoms with Crippen molar-refractivity contribution >= 4 is 11.9 Å². The van der Waals surface area contributed by atoms with Gasteiger partial charge in [-0.15, -0.1) is 18.3 Å². The minimum atomic E-state index is -4.80. The number of halogens is 3. The fourth-order valence-electron chi connectivity index (χ4n) is 1.95. The van der Waals surface area contributed by atoms with Crippen LogP contribution in [-0.4, -0.2) is 44.9 Å². The Labute approximate surface area is 139 Å². The summed E-state index contributed by atoms with van der Waals surface area (Å²) in [7, 11) is 0. The van der Waals surface area contributed by atoms with Crippen molar-refractivity contribution in [2.75, 3.05) is 6.54 Å². The largest absolute Gasteiger partial charge is 0.573 e. The molecule has 2 rings (SSSR count). The average molecular weight is 358 g/mol. The zero-order valence-corrected chi connectivity index (χ0v) is 12.7. The predicted octanol–water partition coefficient (Wildman–Crippen LogP) is 1.23. The van der Waals surface area contributed by atoms with E-state index in [1.165, 1.54) is 18.2 Å². The van der Waals surface area contributed by atoms with Crippen molar-refractivity contribution in [2.24, 2.45) is 0 Å². The molecule has 8 nitrogen and oxygen atoms in total. The maximum Gasteiger partial charge on any atom is 0.573 e. The van der Waals surface area contributed by atoms with Gasteiger partial charge in [-0.25, -0.2) is 9.48 Å². The molecule has 0 aliphatic rings. The number of ether oxygens (including phenoxy) is 1. The predicted molar refractivity (Wildman–Crippen MR) is 76.8 cm³/mol. The summed E-state index contributed by atoms with van der Waals surface area (Å²) in [6.07, 6.45) is -3.58. The molecule has 25 heavy (non-hydrogen) atoms. The van der Waals surface area contributed by atoms with E-state index in [-0.39, 0.29) is 36.5 Å². The summed E-state index contributed by atoms with van der Waals surface area (Å²) >= 11 is 0. The maximum atomic E-state index is 12.3. The van der Waals surface area contributed by atoms with Crippen LogP contribution in [0.15, 0.2) is 30.5 Å². The molecule has 1 amide bonds. The molecule has 0 aliphatic carbocycles. The van der Waals surface area contributed by atoms with Gasteiger partial charge in [0.05, 0.1) is 6.20 Å². The number of rotatable bonds is 7. The summed E-state index contributed by atoms with van der Waals surface area (Å²) < 4.78 is 41.9. The molecule has 0 bridgehead atoms. The fourth-order valence-corrected chi connectivity index (χ4v) is 1.95. The topological polar surface area (TPSA) is 106 Å². The molecule has 0 saturated carbocycles. The van der Waals surface area contributed by atoms with Crippen LogP contribution in [0.3, 0.4) is 0 Å². The first-order valence-electron chi connectivity index (χ1n) is 6.98. The van der Waals surface area contributed by atoms with Crippen LogP contribution in [0.2, 0.25) is 0 Å². The van der Waals surface area contributed by atoms with E-state index in [1.54, 1.807) is 6.07 Å². The second kappa shape index (κ2) is 7.64. The number of carbonyl (C=O) groups excluding carboxylic acids is 1. The lowest BCUT2D eigenvalue weighted by Gasteiger charge is -2.13. The number of hydrogen-bond acceptors (Lipinski definition) is 5. The highest BCUT2D eigenvalue weighted by atomic mass is 19.4. The van der Waals surface area contributed by atoms with Crippen LogP contribution in [0.5, 0.6) is 5.75 Å². The minimum absolute atomic E-state index is 0.0670. The molecule has 1 aromatic heterocycles. The van der Waals surface area contributed by atoms with Crippen LogP contribution in [0.1, 0.15) is 16.1 Å². The summed E-state index contributed by atoms with van der Waals surface area (Å²) in [6.45, 7) is -0.196. The van der Waals surface area contributed by atoms with Crippen LogP contribution >= 0.6 is 0 Å². The lowest BCUT2D eigenvalue weighted by atomic mass is 10.1. The van der Waals surface area contributed by atoms with Gasteiger partial charge in [0, 0.05) is 6.54 Å². The number of hydrogen-bond donors (Lipinski definition) is 2. The van der Waals surface area contributed by atoms with Crippen molar-refractivity contribution in [3.63, 3.8) is 0 Å². The molecule has 2 N–H and O–H groups in total. The number of nitrogens with zero attached hydrogens (tertiary/aromatic N) is 3. The Morgan fingerprint density at radius 1 is 1.28 bits per heavy atom.